The van der Waals surface area contributed by atoms with Gasteiger partial charge in [-0.05, 0) is 11.1 Å². The fourth-order valence-corrected chi connectivity index (χ4v) is 1.07. The molecule has 0 saturated carbocycles. The van der Waals surface area contributed by atoms with Crippen LogP contribution in [0.15, 0.2) is 35.4 Å². The van der Waals surface area contributed by atoms with Crippen LogP contribution < -0.4 is 0 Å². The first-order valence-corrected chi connectivity index (χ1v) is 4.03. The Morgan fingerprint density at radius 2 is 2.00 bits per heavy atom. The van der Waals surface area contributed by atoms with Crippen molar-refractivity contribution in [3.63, 3.8) is 0 Å². The van der Waals surface area contributed by atoms with Crippen LogP contribution in [0.2, 0.25) is 0 Å². The number of rotatable bonds is 3. The molecule has 0 fully saturated rings. The molecule has 68 valence electrons. The fourth-order valence-electron chi connectivity index (χ4n) is 1.07. The van der Waals surface area contributed by atoms with Crippen LogP contribution in [0.25, 0.3) is 10.4 Å². The molecule has 0 spiro atoms. The van der Waals surface area contributed by atoms with Crippen molar-refractivity contribution in [3.8, 4) is 0 Å². The molecule has 0 aromatic heterocycles. The van der Waals surface area contributed by atoms with E-state index < -0.39 is 12.1 Å². The third-order valence-corrected chi connectivity index (χ3v) is 1.83. The van der Waals surface area contributed by atoms with Gasteiger partial charge in [0.15, 0.2) is 0 Å². The number of hydrogen-bond donors (Lipinski definition) is 1. The summed E-state index contributed by atoms with van der Waals surface area (Å²) in [6, 6.07) is 8.70. The highest BCUT2D eigenvalue weighted by molar-refractivity contribution is 5.18. The van der Waals surface area contributed by atoms with Crippen LogP contribution in [0.4, 0.5) is 0 Å². The molecule has 0 bridgehead atoms. The van der Waals surface area contributed by atoms with Gasteiger partial charge in [-0.3, -0.25) is 0 Å². The lowest BCUT2D eigenvalue weighted by Gasteiger charge is -2.13. The second-order valence-electron chi connectivity index (χ2n) is 2.80. The first-order chi connectivity index (χ1) is 6.25. The molecule has 0 aliphatic carbocycles. The maximum absolute atomic E-state index is 9.66. The first kappa shape index (κ1) is 9.58. The van der Waals surface area contributed by atoms with Gasteiger partial charge in [-0.1, -0.05) is 42.4 Å². The fraction of sp³-hybridized carbons (Fsp3) is 0.333. The lowest BCUT2D eigenvalue weighted by molar-refractivity contribution is 0.153. The van der Waals surface area contributed by atoms with E-state index in [1.54, 1.807) is 19.1 Å². The van der Waals surface area contributed by atoms with Gasteiger partial charge in [0.1, 0.15) is 0 Å². The molecular weight excluding hydrogens is 166 g/mol. The van der Waals surface area contributed by atoms with E-state index >= 15 is 0 Å². The van der Waals surface area contributed by atoms with Crippen molar-refractivity contribution in [2.75, 3.05) is 0 Å². The Labute approximate surface area is 76.5 Å². The minimum atomic E-state index is -0.725. The van der Waals surface area contributed by atoms with Gasteiger partial charge < -0.3 is 5.11 Å². The van der Waals surface area contributed by atoms with E-state index in [1.165, 1.54) is 0 Å². The molecule has 0 radical (unpaired) electrons. The van der Waals surface area contributed by atoms with E-state index in [9.17, 15) is 5.11 Å². The number of nitrogens with zero attached hydrogens (tertiary/aromatic N) is 3. The zero-order chi connectivity index (χ0) is 9.68. The summed E-state index contributed by atoms with van der Waals surface area (Å²) in [5.41, 5.74) is 8.95. The standard InChI is InChI=1S/C9H11N3O/c1-7(11-12-10)9(13)8-5-3-2-4-6-8/h2-7,9,13H,1H3/t7-,9-/m0/s1. The van der Waals surface area contributed by atoms with Gasteiger partial charge >= 0.3 is 0 Å². The van der Waals surface area contributed by atoms with Crippen molar-refractivity contribution in [2.45, 2.75) is 19.1 Å². The quantitative estimate of drug-likeness (QED) is 0.430. The number of benzene rings is 1. The molecule has 4 heteroatoms. The highest BCUT2D eigenvalue weighted by Gasteiger charge is 2.13. The molecule has 1 rings (SSSR count). The normalized spacial score (nSPS) is 14.3. The van der Waals surface area contributed by atoms with Gasteiger partial charge in [0.05, 0.1) is 12.1 Å². The molecule has 0 aliphatic rings. The van der Waals surface area contributed by atoms with Gasteiger partial charge in [0.2, 0.25) is 0 Å². The van der Waals surface area contributed by atoms with E-state index in [0.717, 1.165) is 5.56 Å². The van der Waals surface area contributed by atoms with Crippen LogP contribution in [0.5, 0.6) is 0 Å². The summed E-state index contributed by atoms with van der Waals surface area (Å²) in [5.74, 6) is 0. The summed E-state index contributed by atoms with van der Waals surface area (Å²) >= 11 is 0. The third-order valence-electron chi connectivity index (χ3n) is 1.83. The summed E-state index contributed by atoms with van der Waals surface area (Å²) in [4.78, 5) is 2.65. The van der Waals surface area contributed by atoms with Crippen molar-refractivity contribution in [1.29, 1.82) is 0 Å². The molecule has 0 amide bonds. The predicted octanol–water partition coefficient (Wildman–Crippen LogP) is 2.42. The Balaban J connectivity index is 2.79. The van der Waals surface area contributed by atoms with Gasteiger partial charge in [0, 0.05) is 4.91 Å². The monoisotopic (exact) mass is 177 g/mol. The lowest BCUT2D eigenvalue weighted by Crippen LogP contribution is -2.11. The minimum Gasteiger partial charge on any atom is -0.388 e. The van der Waals surface area contributed by atoms with Crippen molar-refractivity contribution in [3.05, 3.63) is 46.3 Å². The van der Waals surface area contributed by atoms with Crippen molar-refractivity contribution >= 4 is 0 Å². The highest BCUT2D eigenvalue weighted by atomic mass is 16.3. The second kappa shape index (κ2) is 4.50. The van der Waals surface area contributed by atoms with Gasteiger partial charge in [-0.2, -0.15) is 0 Å². The average molecular weight is 177 g/mol. The second-order valence-corrected chi connectivity index (χ2v) is 2.80. The van der Waals surface area contributed by atoms with E-state index in [0.29, 0.717) is 0 Å². The number of hydrogen-bond acceptors (Lipinski definition) is 2. The van der Waals surface area contributed by atoms with Crippen LogP contribution in [0.1, 0.15) is 18.6 Å². The van der Waals surface area contributed by atoms with E-state index in [1.807, 2.05) is 18.2 Å². The van der Waals surface area contributed by atoms with Crippen LogP contribution in [-0.2, 0) is 0 Å². The zero-order valence-corrected chi connectivity index (χ0v) is 7.33. The number of aliphatic hydroxyl groups is 1. The SMILES string of the molecule is C[C@H](N=[N+]=[N-])[C@H](O)c1ccccc1. The topological polar surface area (TPSA) is 69.0 Å². The number of aliphatic hydroxyl groups excluding tert-OH is 1. The van der Waals surface area contributed by atoms with Crippen LogP contribution >= 0.6 is 0 Å². The summed E-state index contributed by atoms with van der Waals surface area (Å²) in [6.45, 7) is 1.68. The average Bonchev–Trinajstić information content (AvgIpc) is 2.18. The van der Waals surface area contributed by atoms with E-state index in [2.05, 4.69) is 10.0 Å². The molecule has 2 atom stereocenters. The summed E-state index contributed by atoms with van der Waals surface area (Å²) in [7, 11) is 0. The number of azide groups is 1. The summed E-state index contributed by atoms with van der Waals surface area (Å²) in [5, 5.41) is 13.1. The van der Waals surface area contributed by atoms with Gasteiger partial charge in [0.25, 0.3) is 0 Å². The summed E-state index contributed by atoms with van der Waals surface area (Å²) < 4.78 is 0. The lowest BCUT2D eigenvalue weighted by atomic mass is 10.0. The summed E-state index contributed by atoms with van der Waals surface area (Å²) in [6.07, 6.45) is -0.725. The smallest absolute Gasteiger partial charge is 0.0872 e. The third kappa shape index (κ3) is 2.47. The van der Waals surface area contributed by atoms with Crippen molar-refractivity contribution < 1.29 is 5.11 Å². The van der Waals surface area contributed by atoms with Gasteiger partial charge in [-0.15, -0.1) is 0 Å². The molecule has 1 N–H and O–H groups in total. The Morgan fingerprint density at radius 3 is 2.54 bits per heavy atom. The molecule has 1 aromatic carbocycles. The highest BCUT2D eigenvalue weighted by Crippen LogP contribution is 2.18. The largest absolute Gasteiger partial charge is 0.388 e. The molecule has 0 unspecified atom stereocenters. The Kier molecular flexibility index (Phi) is 3.31. The maximum Gasteiger partial charge on any atom is 0.0872 e. The molecule has 0 aliphatic heterocycles. The van der Waals surface area contributed by atoms with Crippen LogP contribution in [-0.4, -0.2) is 11.1 Å². The van der Waals surface area contributed by atoms with Crippen LogP contribution in [0.3, 0.4) is 0 Å². The van der Waals surface area contributed by atoms with Gasteiger partial charge in [-0.25, -0.2) is 0 Å². The molecular formula is C9H11N3O. The Bertz CT molecular complexity index is 306. The van der Waals surface area contributed by atoms with Crippen molar-refractivity contribution in [2.24, 2.45) is 5.11 Å². The molecule has 0 heterocycles. The minimum absolute atomic E-state index is 0.438. The molecule has 13 heavy (non-hydrogen) atoms. The maximum atomic E-state index is 9.66. The molecule has 4 nitrogen and oxygen atoms in total. The zero-order valence-electron chi connectivity index (χ0n) is 7.33. The molecule has 0 saturated heterocycles. The first-order valence-electron chi connectivity index (χ1n) is 4.03. The Hall–Kier alpha value is -1.51. The predicted molar refractivity (Wildman–Crippen MR) is 50.0 cm³/mol. The molecule has 1 aromatic rings. The van der Waals surface area contributed by atoms with Crippen LogP contribution in [0, 0.1) is 0 Å². The van der Waals surface area contributed by atoms with E-state index in [4.69, 9.17) is 5.53 Å². The van der Waals surface area contributed by atoms with E-state index in [-0.39, 0.29) is 0 Å². The van der Waals surface area contributed by atoms with Crippen molar-refractivity contribution in [1.82, 2.24) is 0 Å². The Morgan fingerprint density at radius 1 is 1.38 bits per heavy atom.